The number of hydrogen-bond acceptors (Lipinski definition) is 4. The van der Waals surface area contributed by atoms with E-state index in [9.17, 15) is 4.79 Å². The number of nitrogens with two attached hydrogens (primary N) is 1. The number of benzene rings is 1. The fraction of sp³-hybridized carbons (Fsp3) is 0.500. The molecule has 0 spiro atoms. The molecule has 1 heterocycles. The number of anilines is 1. The number of carbonyl (C=O) groups excluding carboxylic acids is 1. The molecule has 102 valence electrons. The Bertz CT molecular complexity index is 486. The Morgan fingerprint density at radius 3 is 2.68 bits per heavy atom. The molecule has 0 saturated heterocycles. The summed E-state index contributed by atoms with van der Waals surface area (Å²) in [4.78, 5) is 14.0. The Balaban J connectivity index is 1.86. The summed E-state index contributed by atoms with van der Waals surface area (Å²) in [6, 6.07) is 5.61. The summed E-state index contributed by atoms with van der Waals surface area (Å²) in [5.74, 6) is 1.79. The molecule has 1 amide bonds. The average Bonchev–Trinajstić information content (AvgIpc) is 3.28. The maximum atomic E-state index is 12.3. The van der Waals surface area contributed by atoms with Gasteiger partial charge < -0.3 is 20.1 Å². The van der Waals surface area contributed by atoms with E-state index >= 15 is 0 Å². The van der Waals surface area contributed by atoms with Crippen LogP contribution >= 0.6 is 0 Å². The predicted molar refractivity (Wildman–Crippen MR) is 71.6 cm³/mol. The van der Waals surface area contributed by atoms with Crippen LogP contribution in [0.5, 0.6) is 11.5 Å². The molecule has 0 aromatic heterocycles. The first-order chi connectivity index (χ1) is 9.29. The van der Waals surface area contributed by atoms with E-state index in [1.807, 2.05) is 18.2 Å². The van der Waals surface area contributed by atoms with Crippen molar-refractivity contribution in [2.45, 2.75) is 12.8 Å². The van der Waals surface area contributed by atoms with Crippen molar-refractivity contribution in [2.75, 3.05) is 31.2 Å². The van der Waals surface area contributed by atoms with Gasteiger partial charge in [-0.1, -0.05) is 0 Å². The van der Waals surface area contributed by atoms with Crippen LogP contribution in [0.2, 0.25) is 0 Å². The monoisotopic (exact) mass is 262 g/mol. The van der Waals surface area contributed by atoms with E-state index in [4.69, 9.17) is 15.2 Å². The van der Waals surface area contributed by atoms with Crippen LogP contribution in [-0.4, -0.2) is 32.2 Å². The van der Waals surface area contributed by atoms with Crippen LogP contribution in [0.4, 0.5) is 5.69 Å². The molecule has 2 aliphatic rings. The summed E-state index contributed by atoms with van der Waals surface area (Å²) in [6.45, 7) is 2.10. The molecule has 1 aromatic rings. The number of amides is 1. The first kappa shape index (κ1) is 12.3. The molecule has 1 fully saturated rings. The molecule has 0 atom stereocenters. The van der Waals surface area contributed by atoms with Gasteiger partial charge in [0, 0.05) is 30.8 Å². The number of ether oxygens (including phenoxy) is 2. The third-order valence-electron chi connectivity index (χ3n) is 3.38. The zero-order valence-electron chi connectivity index (χ0n) is 10.8. The van der Waals surface area contributed by atoms with Crippen molar-refractivity contribution in [3.8, 4) is 11.5 Å². The molecule has 0 unspecified atom stereocenters. The van der Waals surface area contributed by atoms with E-state index in [-0.39, 0.29) is 11.8 Å². The van der Waals surface area contributed by atoms with Gasteiger partial charge in [0.25, 0.3) is 0 Å². The first-order valence-electron chi connectivity index (χ1n) is 6.70. The molecule has 19 heavy (non-hydrogen) atoms. The van der Waals surface area contributed by atoms with Crippen molar-refractivity contribution in [3.05, 3.63) is 18.2 Å². The quantitative estimate of drug-likeness (QED) is 0.884. The molecule has 1 aromatic carbocycles. The van der Waals surface area contributed by atoms with Gasteiger partial charge in [-0.05, 0) is 25.0 Å². The Labute approximate surface area is 112 Å². The van der Waals surface area contributed by atoms with Crippen molar-refractivity contribution < 1.29 is 14.3 Å². The van der Waals surface area contributed by atoms with Crippen LogP contribution in [0.15, 0.2) is 18.2 Å². The third kappa shape index (κ3) is 2.51. The molecule has 1 aliphatic carbocycles. The second-order valence-corrected chi connectivity index (χ2v) is 4.88. The molecular formula is C14H18N2O3. The molecule has 1 saturated carbocycles. The Kier molecular flexibility index (Phi) is 3.29. The molecule has 1 aliphatic heterocycles. The zero-order valence-corrected chi connectivity index (χ0v) is 10.8. The predicted octanol–water partition coefficient (Wildman–Crippen LogP) is 1.16. The van der Waals surface area contributed by atoms with Crippen LogP contribution < -0.4 is 20.1 Å². The minimum absolute atomic E-state index is 0.169. The molecule has 3 rings (SSSR count). The fourth-order valence-corrected chi connectivity index (χ4v) is 2.25. The van der Waals surface area contributed by atoms with E-state index in [1.54, 1.807) is 4.90 Å². The lowest BCUT2D eigenvalue weighted by Gasteiger charge is -2.25. The first-order valence-corrected chi connectivity index (χ1v) is 6.70. The van der Waals surface area contributed by atoms with Crippen LogP contribution in [0.3, 0.4) is 0 Å². The SMILES string of the molecule is NCCN(C(=O)C1CC1)c1ccc2c(c1)OCCO2. The summed E-state index contributed by atoms with van der Waals surface area (Å²) in [5.41, 5.74) is 6.45. The highest BCUT2D eigenvalue weighted by Gasteiger charge is 2.34. The summed E-state index contributed by atoms with van der Waals surface area (Å²) in [5, 5.41) is 0. The standard InChI is InChI=1S/C14H18N2O3/c15-5-6-16(14(17)10-1-2-10)11-3-4-12-13(9-11)19-8-7-18-12/h3-4,9-10H,1-2,5-8,15H2. The van der Waals surface area contributed by atoms with Crippen molar-refractivity contribution in [2.24, 2.45) is 11.7 Å². The Morgan fingerprint density at radius 2 is 2.00 bits per heavy atom. The van der Waals surface area contributed by atoms with E-state index in [2.05, 4.69) is 0 Å². The van der Waals surface area contributed by atoms with E-state index < -0.39 is 0 Å². The van der Waals surface area contributed by atoms with Crippen LogP contribution in [0.1, 0.15) is 12.8 Å². The van der Waals surface area contributed by atoms with Gasteiger partial charge in [0.2, 0.25) is 5.91 Å². The number of carbonyl (C=O) groups is 1. The van der Waals surface area contributed by atoms with E-state index in [0.29, 0.717) is 32.1 Å². The molecule has 0 radical (unpaired) electrons. The third-order valence-corrected chi connectivity index (χ3v) is 3.38. The summed E-state index contributed by atoms with van der Waals surface area (Å²) < 4.78 is 11.0. The summed E-state index contributed by atoms with van der Waals surface area (Å²) in [6.07, 6.45) is 1.98. The van der Waals surface area contributed by atoms with Crippen molar-refractivity contribution in [1.29, 1.82) is 0 Å². The maximum absolute atomic E-state index is 12.3. The molecule has 5 heteroatoms. The topological polar surface area (TPSA) is 64.8 Å². The van der Waals surface area contributed by atoms with Gasteiger partial charge in [0.15, 0.2) is 11.5 Å². The Morgan fingerprint density at radius 1 is 1.26 bits per heavy atom. The summed E-state index contributed by atoms with van der Waals surface area (Å²) >= 11 is 0. The highest BCUT2D eigenvalue weighted by Crippen LogP contribution is 2.37. The van der Waals surface area contributed by atoms with Gasteiger partial charge in [-0.2, -0.15) is 0 Å². The maximum Gasteiger partial charge on any atom is 0.230 e. The van der Waals surface area contributed by atoms with Crippen LogP contribution in [0.25, 0.3) is 0 Å². The highest BCUT2D eigenvalue weighted by molar-refractivity contribution is 5.96. The van der Waals surface area contributed by atoms with Crippen molar-refractivity contribution in [1.82, 2.24) is 0 Å². The van der Waals surface area contributed by atoms with Crippen molar-refractivity contribution >= 4 is 11.6 Å². The molecule has 2 N–H and O–H groups in total. The number of rotatable bonds is 4. The lowest BCUT2D eigenvalue weighted by atomic mass is 10.2. The van der Waals surface area contributed by atoms with Crippen LogP contribution in [-0.2, 0) is 4.79 Å². The zero-order chi connectivity index (χ0) is 13.2. The highest BCUT2D eigenvalue weighted by atomic mass is 16.6. The number of hydrogen-bond donors (Lipinski definition) is 1. The number of fused-ring (bicyclic) bond motifs is 1. The van der Waals surface area contributed by atoms with Gasteiger partial charge in [-0.15, -0.1) is 0 Å². The minimum atomic E-state index is 0.169. The lowest BCUT2D eigenvalue weighted by molar-refractivity contribution is -0.119. The molecule has 0 bridgehead atoms. The van der Waals surface area contributed by atoms with Gasteiger partial charge in [-0.25, -0.2) is 0 Å². The van der Waals surface area contributed by atoms with E-state index in [1.165, 1.54) is 0 Å². The fourth-order valence-electron chi connectivity index (χ4n) is 2.25. The van der Waals surface area contributed by atoms with Gasteiger partial charge >= 0.3 is 0 Å². The minimum Gasteiger partial charge on any atom is -0.486 e. The van der Waals surface area contributed by atoms with Crippen molar-refractivity contribution in [3.63, 3.8) is 0 Å². The van der Waals surface area contributed by atoms with E-state index in [0.717, 1.165) is 24.3 Å². The van der Waals surface area contributed by atoms with Gasteiger partial charge in [0.1, 0.15) is 13.2 Å². The average molecular weight is 262 g/mol. The number of nitrogens with zero attached hydrogens (tertiary/aromatic N) is 1. The second kappa shape index (κ2) is 5.09. The van der Waals surface area contributed by atoms with Gasteiger partial charge in [0.05, 0.1) is 0 Å². The van der Waals surface area contributed by atoms with Crippen LogP contribution in [0, 0.1) is 5.92 Å². The molecule has 5 nitrogen and oxygen atoms in total. The molecular weight excluding hydrogens is 244 g/mol. The summed E-state index contributed by atoms with van der Waals surface area (Å²) in [7, 11) is 0. The normalized spacial score (nSPS) is 17.1. The largest absolute Gasteiger partial charge is 0.486 e. The lowest BCUT2D eigenvalue weighted by Crippen LogP contribution is -2.36. The second-order valence-electron chi connectivity index (χ2n) is 4.88. The Hall–Kier alpha value is -1.75. The van der Waals surface area contributed by atoms with Gasteiger partial charge in [-0.3, -0.25) is 4.79 Å². The smallest absolute Gasteiger partial charge is 0.230 e.